The number of rotatable bonds is 2. The number of fused-ring (bicyclic) bond motifs is 1. The highest BCUT2D eigenvalue weighted by Crippen LogP contribution is 2.24. The second kappa shape index (κ2) is 3.87. The van der Waals surface area contributed by atoms with Crippen LogP contribution < -0.4 is 0 Å². The van der Waals surface area contributed by atoms with E-state index in [0.717, 1.165) is 32.6 Å². The molecule has 0 radical (unpaired) electrons. The Hall–Kier alpha value is -0.610. The van der Waals surface area contributed by atoms with Gasteiger partial charge in [0.15, 0.2) is 0 Å². The number of carbonyl (C=O) groups is 1. The summed E-state index contributed by atoms with van der Waals surface area (Å²) in [7, 11) is 1.73. The minimum atomic E-state index is 0.0913. The van der Waals surface area contributed by atoms with Crippen molar-refractivity contribution in [1.29, 1.82) is 0 Å². The van der Waals surface area contributed by atoms with E-state index in [1.807, 2.05) is 11.8 Å². The minimum absolute atomic E-state index is 0.0913. The number of likely N-dealkylation sites (N-methyl/N-ethyl adjacent to an activating group) is 1. The van der Waals surface area contributed by atoms with Crippen molar-refractivity contribution in [2.45, 2.75) is 25.5 Å². The van der Waals surface area contributed by atoms with Gasteiger partial charge in [-0.2, -0.15) is 0 Å². The molecule has 80 valence electrons. The van der Waals surface area contributed by atoms with Crippen molar-refractivity contribution in [3.8, 4) is 0 Å². The molecule has 0 aromatic carbocycles. The average molecular weight is 198 g/mol. The molecule has 2 rings (SSSR count). The van der Waals surface area contributed by atoms with Crippen LogP contribution in [0.2, 0.25) is 0 Å². The summed E-state index contributed by atoms with van der Waals surface area (Å²) in [4.78, 5) is 16.1. The van der Waals surface area contributed by atoms with Gasteiger partial charge in [0, 0.05) is 33.3 Å². The normalized spacial score (nSPS) is 33.6. The first-order valence-electron chi connectivity index (χ1n) is 5.32. The smallest absolute Gasteiger partial charge is 0.240 e. The molecule has 2 aliphatic rings. The lowest BCUT2D eigenvalue weighted by molar-refractivity contribution is -0.139. The Kier molecular flexibility index (Phi) is 2.74. The minimum Gasteiger partial charge on any atom is -0.380 e. The molecule has 4 nitrogen and oxygen atoms in total. The molecule has 2 fully saturated rings. The lowest BCUT2D eigenvalue weighted by Gasteiger charge is -2.35. The quantitative estimate of drug-likeness (QED) is 0.623. The number of ether oxygens (including phenoxy) is 1. The van der Waals surface area contributed by atoms with E-state index in [2.05, 4.69) is 4.90 Å². The highest BCUT2D eigenvalue weighted by molar-refractivity contribution is 5.83. The molecule has 4 heteroatoms. The van der Waals surface area contributed by atoms with Crippen LogP contribution >= 0.6 is 0 Å². The molecule has 1 amide bonds. The van der Waals surface area contributed by atoms with Gasteiger partial charge in [-0.15, -0.1) is 0 Å². The number of piperazine rings is 1. The summed E-state index contributed by atoms with van der Waals surface area (Å²) >= 11 is 0. The van der Waals surface area contributed by atoms with Crippen LogP contribution in [0.15, 0.2) is 0 Å². The van der Waals surface area contributed by atoms with E-state index in [1.165, 1.54) is 0 Å². The van der Waals surface area contributed by atoms with Crippen molar-refractivity contribution in [3.63, 3.8) is 0 Å². The number of carbonyl (C=O) groups excluding carboxylic acids is 1. The Balaban J connectivity index is 2.04. The van der Waals surface area contributed by atoms with E-state index in [-0.39, 0.29) is 12.1 Å². The van der Waals surface area contributed by atoms with E-state index in [0.29, 0.717) is 5.91 Å². The van der Waals surface area contributed by atoms with Crippen LogP contribution in [-0.2, 0) is 9.53 Å². The molecule has 0 aliphatic carbocycles. The van der Waals surface area contributed by atoms with Crippen LogP contribution in [0.3, 0.4) is 0 Å². The molecular weight excluding hydrogens is 180 g/mol. The van der Waals surface area contributed by atoms with Crippen LogP contribution in [0.1, 0.15) is 13.3 Å². The van der Waals surface area contributed by atoms with Crippen molar-refractivity contribution >= 4 is 5.91 Å². The van der Waals surface area contributed by atoms with Gasteiger partial charge in [-0.1, -0.05) is 0 Å². The fourth-order valence-corrected chi connectivity index (χ4v) is 2.42. The van der Waals surface area contributed by atoms with Gasteiger partial charge in [-0.25, -0.2) is 0 Å². The first-order valence-corrected chi connectivity index (χ1v) is 5.32. The third-order valence-electron chi connectivity index (χ3n) is 3.33. The molecule has 2 saturated heterocycles. The summed E-state index contributed by atoms with van der Waals surface area (Å²) in [5.41, 5.74) is 0. The van der Waals surface area contributed by atoms with Gasteiger partial charge in [-0.3, -0.25) is 9.69 Å². The first-order chi connectivity index (χ1) is 6.76. The number of amides is 1. The zero-order valence-corrected chi connectivity index (χ0v) is 8.90. The van der Waals surface area contributed by atoms with E-state index in [9.17, 15) is 4.79 Å². The number of nitrogens with zero attached hydrogens (tertiary/aromatic N) is 2. The number of methoxy groups -OCH3 is 1. The fourth-order valence-electron chi connectivity index (χ4n) is 2.42. The SMILES string of the molecule is CCN1CCN2CC(OC)CC2C1=O. The summed E-state index contributed by atoms with van der Waals surface area (Å²) in [6.07, 6.45) is 1.12. The topological polar surface area (TPSA) is 32.8 Å². The maximum absolute atomic E-state index is 11.9. The molecule has 0 saturated carbocycles. The van der Waals surface area contributed by atoms with Crippen LogP contribution in [0.4, 0.5) is 0 Å². The summed E-state index contributed by atoms with van der Waals surface area (Å²) in [5, 5.41) is 0. The molecule has 0 spiro atoms. The monoisotopic (exact) mass is 198 g/mol. The lowest BCUT2D eigenvalue weighted by atomic mass is 10.1. The molecule has 2 aliphatic heterocycles. The average Bonchev–Trinajstić information content (AvgIpc) is 2.62. The Morgan fingerprint density at radius 1 is 1.50 bits per heavy atom. The van der Waals surface area contributed by atoms with Gasteiger partial charge in [0.25, 0.3) is 0 Å². The molecular formula is C10H18N2O2. The highest BCUT2D eigenvalue weighted by atomic mass is 16.5. The van der Waals surface area contributed by atoms with Crippen LogP contribution in [0.25, 0.3) is 0 Å². The van der Waals surface area contributed by atoms with Crippen LogP contribution in [-0.4, -0.2) is 61.1 Å². The maximum atomic E-state index is 11.9. The predicted molar refractivity (Wildman–Crippen MR) is 53.0 cm³/mol. The number of hydrogen-bond acceptors (Lipinski definition) is 3. The zero-order valence-electron chi connectivity index (χ0n) is 8.90. The van der Waals surface area contributed by atoms with Gasteiger partial charge in [0.1, 0.15) is 0 Å². The first kappa shape index (κ1) is 9.93. The molecule has 0 N–H and O–H groups in total. The molecule has 2 heterocycles. The van der Waals surface area contributed by atoms with Crippen molar-refractivity contribution in [3.05, 3.63) is 0 Å². The van der Waals surface area contributed by atoms with E-state index in [1.54, 1.807) is 7.11 Å². The fraction of sp³-hybridized carbons (Fsp3) is 0.900. The van der Waals surface area contributed by atoms with Gasteiger partial charge in [0.2, 0.25) is 5.91 Å². The Morgan fingerprint density at radius 2 is 2.29 bits per heavy atom. The standard InChI is InChI=1S/C10H18N2O2/c1-3-11-4-5-12-7-8(14-2)6-9(12)10(11)13/h8-9H,3-7H2,1-2H3. The van der Waals surface area contributed by atoms with E-state index in [4.69, 9.17) is 4.74 Å². The number of hydrogen-bond donors (Lipinski definition) is 0. The van der Waals surface area contributed by atoms with Gasteiger partial charge >= 0.3 is 0 Å². The second-order valence-electron chi connectivity index (χ2n) is 4.02. The summed E-state index contributed by atoms with van der Waals surface area (Å²) in [6.45, 7) is 5.67. The third kappa shape index (κ3) is 1.53. The largest absolute Gasteiger partial charge is 0.380 e. The molecule has 0 aromatic rings. The second-order valence-corrected chi connectivity index (χ2v) is 4.02. The Bertz CT molecular complexity index is 232. The van der Waals surface area contributed by atoms with Crippen molar-refractivity contribution in [2.24, 2.45) is 0 Å². The maximum Gasteiger partial charge on any atom is 0.240 e. The Labute approximate surface area is 84.8 Å². The zero-order chi connectivity index (χ0) is 10.1. The van der Waals surface area contributed by atoms with Crippen molar-refractivity contribution in [2.75, 3.05) is 33.3 Å². The summed E-state index contributed by atoms with van der Waals surface area (Å²) < 4.78 is 5.31. The van der Waals surface area contributed by atoms with Crippen molar-refractivity contribution in [1.82, 2.24) is 9.80 Å². The molecule has 0 bridgehead atoms. The van der Waals surface area contributed by atoms with Crippen LogP contribution in [0.5, 0.6) is 0 Å². The van der Waals surface area contributed by atoms with Gasteiger partial charge in [-0.05, 0) is 13.3 Å². The molecule has 2 unspecified atom stereocenters. The van der Waals surface area contributed by atoms with Crippen molar-refractivity contribution < 1.29 is 9.53 Å². The van der Waals surface area contributed by atoms with Gasteiger partial charge in [0.05, 0.1) is 12.1 Å². The summed E-state index contributed by atoms with van der Waals surface area (Å²) in [6, 6.07) is 0.0913. The van der Waals surface area contributed by atoms with E-state index >= 15 is 0 Å². The Morgan fingerprint density at radius 3 is 2.93 bits per heavy atom. The molecule has 2 atom stereocenters. The van der Waals surface area contributed by atoms with Crippen LogP contribution in [0, 0.1) is 0 Å². The predicted octanol–water partition coefficient (Wildman–Crippen LogP) is -0.0622. The lowest BCUT2D eigenvalue weighted by Crippen LogP contribution is -2.54. The molecule has 14 heavy (non-hydrogen) atoms. The summed E-state index contributed by atoms with van der Waals surface area (Å²) in [5.74, 6) is 0.290. The van der Waals surface area contributed by atoms with Gasteiger partial charge < -0.3 is 9.64 Å². The van der Waals surface area contributed by atoms with E-state index < -0.39 is 0 Å². The molecule has 0 aromatic heterocycles. The third-order valence-corrected chi connectivity index (χ3v) is 3.33. The highest BCUT2D eigenvalue weighted by Gasteiger charge is 2.41.